The monoisotopic (exact) mass is 290 g/mol. The molecule has 0 aliphatic heterocycles. The minimum absolute atomic E-state index is 1.14. The maximum atomic E-state index is 6.76. The predicted molar refractivity (Wildman–Crippen MR) is 89.3 cm³/mol. The summed E-state index contributed by atoms with van der Waals surface area (Å²) in [6, 6.07) is 2.61. The molecule has 19 heavy (non-hydrogen) atoms. The lowest BCUT2D eigenvalue weighted by atomic mass is 10.5. The van der Waals surface area contributed by atoms with E-state index in [0.29, 0.717) is 0 Å². The maximum Gasteiger partial charge on any atom is 0.191 e. The summed E-state index contributed by atoms with van der Waals surface area (Å²) in [6.07, 6.45) is 18.5. The summed E-state index contributed by atoms with van der Waals surface area (Å²) in [5, 5.41) is 3.25. The molecule has 2 unspecified atom stereocenters. The smallest absolute Gasteiger partial charge is 0.191 e. The topological polar surface area (TPSA) is 9.23 Å². The van der Waals surface area contributed by atoms with Gasteiger partial charge in [0.1, 0.15) is 0 Å². The molecule has 0 N–H and O–H groups in total. The van der Waals surface area contributed by atoms with Crippen molar-refractivity contribution < 1.29 is 4.12 Å². The van der Waals surface area contributed by atoms with Gasteiger partial charge in [0.15, 0.2) is 18.1 Å². The Morgan fingerprint density at radius 3 is 1.68 bits per heavy atom. The fourth-order valence-electron chi connectivity index (χ4n) is 2.81. The summed E-state index contributed by atoms with van der Waals surface area (Å²) in [6.45, 7) is 4.58. The van der Waals surface area contributed by atoms with Crippen LogP contribution in [-0.4, -0.2) is 18.1 Å². The average Bonchev–Trinajstić information content (AvgIpc) is 3.10. The van der Waals surface area contributed by atoms with Gasteiger partial charge in [0.05, 0.1) is 0 Å². The molecule has 0 aromatic heterocycles. The van der Waals surface area contributed by atoms with Crippen LogP contribution in [0.2, 0.25) is 12.1 Å². The zero-order chi connectivity index (χ0) is 13.5. The Balaban J connectivity index is 2.00. The van der Waals surface area contributed by atoms with Crippen LogP contribution in [0.3, 0.4) is 0 Å². The van der Waals surface area contributed by atoms with E-state index in [1.165, 1.54) is 24.9 Å². The molecule has 2 rings (SSSR count). The third kappa shape index (κ3) is 4.16. The number of hydrogen-bond donors (Lipinski definition) is 0. The van der Waals surface area contributed by atoms with Crippen molar-refractivity contribution >= 4 is 18.1 Å². The van der Waals surface area contributed by atoms with Crippen LogP contribution in [0.15, 0.2) is 46.8 Å². The van der Waals surface area contributed by atoms with E-state index in [-0.39, 0.29) is 0 Å². The molecule has 0 bridgehead atoms. The molecule has 0 saturated carbocycles. The normalized spacial score (nSPS) is 20.5. The van der Waals surface area contributed by atoms with Crippen molar-refractivity contribution in [3.05, 3.63) is 46.8 Å². The summed E-state index contributed by atoms with van der Waals surface area (Å²) < 4.78 is 6.76. The lowest BCUT2D eigenvalue weighted by molar-refractivity contribution is 0.584. The van der Waals surface area contributed by atoms with E-state index in [4.69, 9.17) is 4.12 Å². The Morgan fingerprint density at radius 2 is 1.37 bits per heavy atom. The van der Waals surface area contributed by atoms with Gasteiger partial charge >= 0.3 is 0 Å². The van der Waals surface area contributed by atoms with Gasteiger partial charge in [-0.05, 0) is 24.9 Å². The van der Waals surface area contributed by atoms with Gasteiger partial charge in [-0.1, -0.05) is 73.5 Å². The van der Waals surface area contributed by atoms with Crippen LogP contribution in [0.4, 0.5) is 0 Å². The van der Waals surface area contributed by atoms with Crippen molar-refractivity contribution in [2.24, 2.45) is 0 Å². The molecule has 0 radical (unpaired) electrons. The first-order valence-corrected chi connectivity index (χ1v) is 11.4. The molecule has 0 amide bonds. The summed E-state index contributed by atoms with van der Waals surface area (Å²) in [5.74, 6) is 0. The molecule has 3 heteroatoms. The molecule has 0 fully saturated rings. The molecular formula is C16H26OSi2. The second kappa shape index (κ2) is 7.83. The van der Waals surface area contributed by atoms with Gasteiger partial charge in [-0.2, -0.15) is 0 Å². The molecule has 2 aliphatic carbocycles. The highest BCUT2D eigenvalue weighted by molar-refractivity contribution is 6.74. The van der Waals surface area contributed by atoms with Crippen LogP contribution in [0.1, 0.15) is 39.5 Å². The van der Waals surface area contributed by atoms with Gasteiger partial charge in [-0.3, -0.25) is 0 Å². The summed E-state index contributed by atoms with van der Waals surface area (Å²) in [4.78, 5) is 0. The van der Waals surface area contributed by atoms with Crippen LogP contribution in [-0.2, 0) is 4.12 Å². The quantitative estimate of drug-likeness (QED) is 0.611. The first-order chi connectivity index (χ1) is 9.35. The van der Waals surface area contributed by atoms with Crippen molar-refractivity contribution in [2.75, 3.05) is 0 Å². The second-order valence-electron chi connectivity index (χ2n) is 5.44. The largest absolute Gasteiger partial charge is 0.453 e. The summed E-state index contributed by atoms with van der Waals surface area (Å²) in [5.41, 5.74) is 0. The molecule has 104 valence electrons. The van der Waals surface area contributed by atoms with Crippen LogP contribution in [0.5, 0.6) is 0 Å². The third-order valence-electron chi connectivity index (χ3n) is 3.86. The molecule has 2 aliphatic rings. The van der Waals surface area contributed by atoms with Crippen molar-refractivity contribution in [1.82, 2.24) is 0 Å². The van der Waals surface area contributed by atoms with Crippen molar-refractivity contribution in [1.29, 1.82) is 0 Å². The van der Waals surface area contributed by atoms with Gasteiger partial charge in [0, 0.05) is 0 Å². The number of hydrogen-bond acceptors (Lipinski definition) is 1. The first kappa shape index (κ1) is 14.8. The molecule has 2 atom stereocenters. The van der Waals surface area contributed by atoms with Crippen molar-refractivity contribution in [3.8, 4) is 0 Å². The average molecular weight is 291 g/mol. The minimum Gasteiger partial charge on any atom is -0.453 e. The van der Waals surface area contributed by atoms with E-state index in [1.54, 1.807) is 10.4 Å². The predicted octanol–water partition coefficient (Wildman–Crippen LogP) is 4.12. The van der Waals surface area contributed by atoms with E-state index in [0.717, 1.165) is 12.8 Å². The van der Waals surface area contributed by atoms with Crippen molar-refractivity contribution in [3.63, 3.8) is 0 Å². The molecule has 0 saturated heterocycles. The fourth-order valence-corrected chi connectivity index (χ4v) is 10.1. The van der Waals surface area contributed by atoms with Crippen LogP contribution < -0.4 is 0 Å². The molecular weight excluding hydrogens is 264 g/mol. The zero-order valence-corrected chi connectivity index (χ0v) is 14.6. The standard InChI is InChI=1S/C16H26OSi2/c1-3-13-18(15-9-5-6-10-15)17-19(14-4-2)16-11-7-8-12-16/h5-9,11,18-19H,3-4,10,12-14H2,1-2H3. The Labute approximate surface area is 121 Å². The van der Waals surface area contributed by atoms with Crippen LogP contribution in [0.25, 0.3) is 0 Å². The molecule has 0 heterocycles. The highest BCUT2D eigenvalue weighted by atomic mass is 28.4. The number of allylic oxidation sites excluding steroid dienone is 8. The van der Waals surface area contributed by atoms with Gasteiger partial charge in [0.2, 0.25) is 0 Å². The zero-order valence-electron chi connectivity index (χ0n) is 12.3. The lowest BCUT2D eigenvalue weighted by Crippen LogP contribution is -2.32. The Kier molecular flexibility index (Phi) is 6.08. The Hall–Kier alpha value is -0.646. The van der Waals surface area contributed by atoms with Gasteiger partial charge in [-0.15, -0.1) is 0 Å². The lowest BCUT2D eigenvalue weighted by Gasteiger charge is -2.25. The van der Waals surface area contributed by atoms with E-state index in [9.17, 15) is 0 Å². The number of rotatable bonds is 8. The van der Waals surface area contributed by atoms with E-state index in [1.807, 2.05) is 0 Å². The highest BCUT2D eigenvalue weighted by Crippen LogP contribution is 2.24. The molecule has 1 nitrogen and oxygen atoms in total. The fraction of sp³-hybridized carbons (Fsp3) is 0.500. The van der Waals surface area contributed by atoms with Crippen molar-refractivity contribution in [2.45, 2.75) is 51.6 Å². The van der Waals surface area contributed by atoms with Crippen LogP contribution >= 0.6 is 0 Å². The third-order valence-corrected chi connectivity index (χ3v) is 11.2. The van der Waals surface area contributed by atoms with Crippen LogP contribution in [0, 0.1) is 0 Å². The minimum atomic E-state index is -1.14. The van der Waals surface area contributed by atoms with E-state index >= 15 is 0 Å². The summed E-state index contributed by atoms with van der Waals surface area (Å²) >= 11 is 0. The van der Waals surface area contributed by atoms with Gasteiger partial charge in [-0.25, -0.2) is 0 Å². The molecule has 0 aromatic rings. The highest BCUT2D eigenvalue weighted by Gasteiger charge is 2.25. The summed E-state index contributed by atoms with van der Waals surface area (Å²) in [7, 11) is -2.28. The van der Waals surface area contributed by atoms with E-state index in [2.05, 4.69) is 50.3 Å². The molecule has 0 aromatic carbocycles. The maximum absolute atomic E-state index is 6.76. The Bertz CT molecular complexity index is 369. The second-order valence-corrected chi connectivity index (χ2v) is 11.1. The Morgan fingerprint density at radius 1 is 0.895 bits per heavy atom. The van der Waals surface area contributed by atoms with E-state index < -0.39 is 18.1 Å². The van der Waals surface area contributed by atoms with Gasteiger partial charge < -0.3 is 4.12 Å². The molecule has 0 spiro atoms. The first-order valence-electron chi connectivity index (χ1n) is 7.71. The SMILES string of the molecule is CCC[SiH](O[SiH](CCC)C1=CC=CC1)C1=CC=CC1. The van der Waals surface area contributed by atoms with Gasteiger partial charge in [0.25, 0.3) is 0 Å².